The summed E-state index contributed by atoms with van der Waals surface area (Å²) in [5, 5.41) is 6.66. The molecule has 0 spiro atoms. The molecule has 4 N–H and O–H groups in total. The Morgan fingerprint density at radius 1 is 1.04 bits per heavy atom. The molecule has 3 aromatic rings. The molecule has 254 valence electrons. The predicted octanol–water partition coefficient (Wildman–Crippen LogP) is 5.88. The van der Waals surface area contributed by atoms with Crippen molar-refractivity contribution in [3.8, 4) is 0 Å². The Morgan fingerprint density at radius 3 is 2.36 bits per heavy atom. The molecule has 4 atom stereocenters. The van der Waals surface area contributed by atoms with E-state index in [0.29, 0.717) is 31.3 Å². The fourth-order valence-corrected chi connectivity index (χ4v) is 8.69. The van der Waals surface area contributed by atoms with Gasteiger partial charge in [0.25, 0.3) is 6.43 Å². The zero-order valence-corrected chi connectivity index (χ0v) is 27.6. The second-order valence-electron chi connectivity index (χ2n) is 12.2. The lowest BCUT2D eigenvalue weighted by atomic mass is 9.76. The Balaban J connectivity index is 1.35. The van der Waals surface area contributed by atoms with Gasteiger partial charge in [0.05, 0.1) is 10.9 Å². The number of amides is 1. The molecule has 8 nitrogen and oxygen atoms in total. The highest BCUT2D eigenvalue weighted by Crippen LogP contribution is 2.36. The van der Waals surface area contributed by atoms with Crippen molar-refractivity contribution in [2.24, 2.45) is 11.7 Å². The molecule has 2 aliphatic rings. The highest BCUT2D eigenvalue weighted by Gasteiger charge is 2.38. The fourth-order valence-electron chi connectivity index (χ4n) is 6.72. The summed E-state index contributed by atoms with van der Waals surface area (Å²) in [5.74, 6) is -1.23. The SMILES string of the molecule is C[C@@H]1CNC[C@H](CCc2c(F)cccc2NC(=O)[C@@H](N)C(c2ccc(Cl)cc2)C2CCOCC2)N1S(=O)(=O)c1ccc(C(F)F)cc1. The van der Waals surface area contributed by atoms with Gasteiger partial charge in [-0.15, -0.1) is 0 Å². The van der Waals surface area contributed by atoms with Gasteiger partial charge in [-0.2, -0.15) is 4.31 Å². The Bertz CT molecular complexity index is 1620. The number of nitrogens with one attached hydrogen (secondary N) is 2. The second kappa shape index (κ2) is 15.5. The zero-order valence-electron chi connectivity index (χ0n) is 26.0. The van der Waals surface area contributed by atoms with Crippen molar-refractivity contribution >= 4 is 33.2 Å². The number of halogens is 4. The predicted molar refractivity (Wildman–Crippen MR) is 176 cm³/mol. The molecule has 1 amide bonds. The van der Waals surface area contributed by atoms with E-state index in [4.69, 9.17) is 22.1 Å². The number of alkyl halides is 2. The summed E-state index contributed by atoms with van der Waals surface area (Å²) in [4.78, 5) is 13.6. The van der Waals surface area contributed by atoms with E-state index in [1.54, 1.807) is 25.1 Å². The number of ether oxygens (including phenoxy) is 1. The van der Waals surface area contributed by atoms with Gasteiger partial charge in [-0.3, -0.25) is 4.79 Å². The van der Waals surface area contributed by atoms with Gasteiger partial charge in [0.15, 0.2) is 0 Å². The van der Waals surface area contributed by atoms with E-state index >= 15 is 4.39 Å². The van der Waals surface area contributed by atoms with Crippen molar-refractivity contribution in [2.75, 3.05) is 31.6 Å². The molecule has 0 bridgehead atoms. The molecule has 0 aliphatic carbocycles. The Hall–Kier alpha value is -3.00. The Kier molecular flexibility index (Phi) is 11.6. The van der Waals surface area contributed by atoms with E-state index in [2.05, 4.69) is 10.6 Å². The maximum Gasteiger partial charge on any atom is 0.263 e. The van der Waals surface area contributed by atoms with Crippen LogP contribution >= 0.6 is 11.6 Å². The van der Waals surface area contributed by atoms with Crippen LogP contribution in [0.25, 0.3) is 0 Å². The Morgan fingerprint density at radius 2 is 1.70 bits per heavy atom. The van der Waals surface area contributed by atoms with E-state index in [9.17, 15) is 22.0 Å². The summed E-state index contributed by atoms with van der Waals surface area (Å²) < 4.78 is 76.0. The van der Waals surface area contributed by atoms with Gasteiger partial charge in [-0.25, -0.2) is 21.6 Å². The standard InChI is InChI=1S/C34H40ClF3N4O4S/c1-21-19-40-20-26(42(21)47(44,45)27-12-7-24(8-13-27)33(37)38)11-14-28-29(36)3-2-4-30(28)41-34(43)32(39)31(23-15-17-46-18-16-23)22-5-9-25(35)10-6-22/h2-10,12-13,21,23,26,31-33,40H,11,14-20,39H2,1H3,(H,41,43)/t21-,26+,31?,32+/m1/s1. The van der Waals surface area contributed by atoms with Gasteiger partial charge in [-0.1, -0.05) is 41.9 Å². The van der Waals surface area contributed by atoms with Gasteiger partial charge in [0.2, 0.25) is 15.9 Å². The van der Waals surface area contributed by atoms with Crippen molar-refractivity contribution in [1.82, 2.24) is 9.62 Å². The van der Waals surface area contributed by atoms with Crippen LogP contribution < -0.4 is 16.4 Å². The van der Waals surface area contributed by atoms with Crippen molar-refractivity contribution in [3.63, 3.8) is 0 Å². The van der Waals surface area contributed by atoms with E-state index in [-0.39, 0.29) is 46.4 Å². The van der Waals surface area contributed by atoms with Gasteiger partial charge in [0, 0.05) is 66.1 Å². The molecule has 0 aromatic heterocycles. The molecule has 2 aliphatic heterocycles. The van der Waals surface area contributed by atoms with Gasteiger partial charge in [0.1, 0.15) is 5.82 Å². The maximum absolute atomic E-state index is 15.4. The van der Waals surface area contributed by atoms with Crippen LogP contribution in [0.1, 0.15) is 55.2 Å². The van der Waals surface area contributed by atoms with E-state index in [0.717, 1.165) is 30.5 Å². The smallest absolute Gasteiger partial charge is 0.263 e. The van der Waals surface area contributed by atoms with E-state index < -0.39 is 46.3 Å². The first-order chi connectivity index (χ1) is 22.5. The summed E-state index contributed by atoms with van der Waals surface area (Å²) in [6.07, 6.45) is -0.885. The third-order valence-electron chi connectivity index (χ3n) is 9.14. The molecular formula is C34H40ClF3N4O4S. The number of piperazine rings is 1. The van der Waals surface area contributed by atoms with Gasteiger partial charge >= 0.3 is 0 Å². The first kappa shape index (κ1) is 35.3. The number of anilines is 1. The number of carbonyl (C=O) groups excluding carboxylic acids is 1. The average molecular weight is 693 g/mol. The van der Waals surface area contributed by atoms with Gasteiger partial charge in [-0.05, 0) is 80.5 Å². The number of nitrogens with two attached hydrogens (primary N) is 1. The molecule has 0 saturated carbocycles. The Labute approximate surface area is 278 Å². The highest BCUT2D eigenvalue weighted by molar-refractivity contribution is 7.89. The number of sulfonamides is 1. The van der Waals surface area contributed by atoms with Crippen molar-refractivity contribution < 1.29 is 31.1 Å². The average Bonchev–Trinajstić information content (AvgIpc) is 3.06. The van der Waals surface area contributed by atoms with E-state index in [1.165, 1.54) is 28.6 Å². The van der Waals surface area contributed by atoms with Crippen molar-refractivity contribution in [1.29, 1.82) is 0 Å². The molecule has 0 radical (unpaired) electrons. The molecule has 2 saturated heterocycles. The van der Waals surface area contributed by atoms with Crippen LogP contribution in [0.4, 0.5) is 18.9 Å². The number of nitrogens with zero attached hydrogens (tertiary/aromatic N) is 1. The molecular weight excluding hydrogens is 653 g/mol. The molecule has 3 aromatic carbocycles. The fraction of sp³-hybridized carbons (Fsp3) is 0.441. The molecule has 5 rings (SSSR count). The van der Waals surface area contributed by atoms with E-state index in [1.807, 2.05) is 12.1 Å². The monoisotopic (exact) mass is 692 g/mol. The first-order valence-corrected chi connectivity index (χ1v) is 17.6. The molecule has 2 fully saturated rings. The highest BCUT2D eigenvalue weighted by atomic mass is 35.5. The number of hydrogen-bond acceptors (Lipinski definition) is 6. The molecule has 47 heavy (non-hydrogen) atoms. The largest absolute Gasteiger partial charge is 0.381 e. The van der Waals surface area contributed by atoms with Crippen molar-refractivity contribution in [2.45, 2.75) is 68.0 Å². The van der Waals surface area contributed by atoms with Crippen LogP contribution in [0.3, 0.4) is 0 Å². The molecule has 2 heterocycles. The van der Waals surface area contributed by atoms with Crippen LogP contribution in [0, 0.1) is 11.7 Å². The number of rotatable bonds is 11. The second-order valence-corrected chi connectivity index (χ2v) is 14.5. The summed E-state index contributed by atoms with van der Waals surface area (Å²) >= 11 is 6.13. The van der Waals surface area contributed by atoms with Crippen LogP contribution in [0.15, 0.2) is 71.6 Å². The quantitative estimate of drug-likeness (QED) is 0.232. The minimum Gasteiger partial charge on any atom is -0.381 e. The third kappa shape index (κ3) is 8.18. The zero-order chi connectivity index (χ0) is 33.7. The number of carbonyl (C=O) groups is 1. The van der Waals surface area contributed by atoms with Crippen LogP contribution in [-0.4, -0.2) is 63.1 Å². The van der Waals surface area contributed by atoms with Crippen LogP contribution in [0.5, 0.6) is 0 Å². The normalized spacial score (nSPS) is 21.0. The lowest BCUT2D eigenvalue weighted by Gasteiger charge is -2.40. The lowest BCUT2D eigenvalue weighted by molar-refractivity contribution is -0.118. The molecule has 1 unspecified atom stereocenters. The topological polar surface area (TPSA) is 114 Å². The first-order valence-electron chi connectivity index (χ1n) is 15.8. The maximum atomic E-state index is 15.4. The molecule has 13 heteroatoms. The summed E-state index contributed by atoms with van der Waals surface area (Å²) in [6.45, 7) is 3.61. The minimum atomic E-state index is -4.06. The number of benzene rings is 3. The lowest BCUT2D eigenvalue weighted by Crippen LogP contribution is -2.58. The van der Waals surface area contributed by atoms with Crippen LogP contribution in [0.2, 0.25) is 5.02 Å². The number of hydrogen-bond donors (Lipinski definition) is 3. The summed E-state index contributed by atoms with van der Waals surface area (Å²) in [7, 11) is -4.06. The third-order valence-corrected chi connectivity index (χ3v) is 11.5. The van der Waals surface area contributed by atoms with Gasteiger partial charge < -0.3 is 21.1 Å². The van der Waals surface area contributed by atoms with Crippen LogP contribution in [-0.2, 0) is 26.0 Å². The summed E-state index contributed by atoms with van der Waals surface area (Å²) in [6, 6.07) is 14.3. The summed E-state index contributed by atoms with van der Waals surface area (Å²) in [5.41, 5.74) is 7.76. The minimum absolute atomic E-state index is 0.0896. The van der Waals surface area contributed by atoms with Crippen molar-refractivity contribution in [3.05, 3.63) is 94.3 Å².